The molecule has 2 heterocycles. The molecule has 0 spiro atoms. The van der Waals surface area contributed by atoms with Gasteiger partial charge in [-0.3, -0.25) is 0 Å². The van der Waals surface area contributed by atoms with E-state index in [2.05, 4.69) is 45.5 Å². The van der Waals surface area contributed by atoms with Crippen molar-refractivity contribution < 1.29 is 4.74 Å². The minimum Gasteiger partial charge on any atom is -0.379 e. The highest BCUT2D eigenvalue weighted by atomic mass is 79.9. The second kappa shape index (κ2) is 5.32. The van der Waals surface area contributed by atoms with Crippen molar-refractivity contribution in [3.8, 4) is 0 Å². The number of hydrogen-bond acceptors (Lipinski definition) is 2. The first-order valence-corrected chi connectivity index (χ1v) is 7.62. The summed E-state index contributed by atoms with van der Waals surface area (Å²) < 4.78 is 6.72. The van der Waals surface area contributed by atoms with Crippen molar-refractivity contribution in [1.82, 2.24) is 5.32 Å². The summed E-state index contributed by atoms with van der Waals surface area (Å²) in [5, 5.41) is 3.45. The maximum Gasteiger partial charge on any atom is 0.0585 e. The average Bonchev–Trinajstić information content (AvgIpc) is 2.35. The molecular formula is C15H20BrNO. The number of hydrogen-bond donors (Lipinski definition) is 1. The summed E-state index contributed by atoms with van der Waals surface area (Å²) >= 11 is 3.58. The highest BCUT2D eigenvalue weighted by Crippen LogP contribution is 2.40. The van der Waals surface area contributed by atoms with Gasteiger partial charge in [0, 0.05) is 9.89 Å². The topological polar surface area (TPSA) is 21.3 Å². The Kier molecular flexibility index (Phi) is 3.73. The first kappa shape index (κ1) is 12.6. The molecule has 3 heteroatoms. The van der Waals surface area contributed by atoms with E-state index in [4.69, 9.17) is 4.74 Å². The van der Waals surface area contributed by atoms with Gasteiger partial charge in [0.15, 0.2) is 0 Å². The third kappa shape index (κ3) is 2.49. The molecule has 3 rings (SSSR count). The molecule has 98 valence electrons. The molecular weight excluding hydrogens is 290 g/mol. The SMILES string of the molecule is Brc1cccc(C2(CC3CCNCC3)COC2)c1. The third-order valence-electron chi connectivity index (χ3n) is 4.33. The molecule has 0 atom stereocenters. The number of benzene rings is 1. The Balaban J connectivity index is 1.77. The quantitative estimate of drug-likeness (QED) is 0.926. The van der Waals surface area contributed by atoms with E-state index in [-0.39, 0.29) is 5.41 Å². The van der Waals surface area contributed by atoms with E-state index in [9.17, 15) is 0 Å². The Morgan fingerprint density at radius 1 is 1.28 bits per heavy atom. The Labute approximate surface area is 117 Å². The molecule has 0 radical (unpaired) electrons. The molecule has 2 nitrogen and oxygen atoms in total. The second-order valence-electron chi connectivity index (χ2n) is 5.68. The number of piperidine rings is 1. The minimum absolute atomic E-state index is 0.284. The van der Waals surface area contributed by atoms with Crippen LogP contribution in [0.4, 0.5) is 0 Å². The normalized spacial score (nSPS) is 23.6. The van der Waals surface area contributed by atoms with Crippen molar-refractivity contribution in [2.45, 2.75) is 24.7 Å². The Morgan fingerprint density at radius 3 is 2.67 bits per heavy atom. The van der Waals surface area contributed by atoms with Crippen LogP contribution in [-0.4, -0.2) is 26.3 Å². The van der Waals surface area contributed by atoms with Crippen LogP contribution in [0.15, 0.2) is 28.7 Å². The number of halogens is 1. The van der Waals surface area contributed by atoms with Crippen molar-refractivity contribution in [2.24, 2.45) is 5.92 Å². The summed E-state index contributed by atoms with van der Waals surface area (Å²) in [5.74, 6) is 0.856. The lowest BCUT2D eigenvalue weighted by Crippen LogP contribution is -2.49. The molecule has 0 aromatic heterocycles. The fraction of sp³-hybridized carbons (Fsp3) is 0.600. The molecule has 2 saturated heterocycles. The summed E-state index contributed by atoms with van der Waals surface area (Å²) in [7, 11) is 0. The van der Waals surface area contributed by atoms with Gasteiger partial charge in [0.1, 0.15) is 0 Å². The van der Waals surface area contributed by atoms with Gasteiger partial charge < -0.3 is 10.1 Å². The molecule has 1 N–H and O–H groups in total. The van der Waals surface area contributed by atoms with E-state index >= 15 is 0 Å². The van der Waals surface area contributed by atoms with Crippen LogP contribution in [-0.2, 0) is 10.2 Å². The van der Waals surface area contributed by atoms with Gasteiger partial charge in [-0.25, -0.2) is 0 Å². The van der Waals surface area contributed by atoms with E-state index in [1.165, 1.54) is 42.4 Å². The summed E-state index contributed by atoms with van der Waals surface area (Å²) in [4.78, 5) is 0. The molecule has 18 heavy (non-hydrogen) atoms. The minimum atomic E-state index is 0.284. The maximum atomic E-state index is 5.54. The zero-order valence-corrected chi connectivity index (χ0v) is 12.2. The lowest BCUT2D eigenvalue weighted by molar-refractivity contribution is -0.0731. The smallest absolute Gasteiger partial charge is 0.0585 e. The van der Waals surface area contributed by atoms with Crippen LogP contribution in [0.3, 0.4) is 0 Å². The van der Waals surface area contributed by atoms with Gasteiger partial charge in [0.2, 0.25) is 0 Å². The Bertz CT molecular complexity index is 411. The van der Waals surface area contributed by atoms with Crippen molar-refractivity contribution in [1.29, 1.82) is 0 Å². The van der Waals surface area contributed by atoms with Crippen molar-refractivity contribution in [3.05, 3.63) is 34.3 Å². The molecule has 2 aliphatic heterocycles. The highest BCUT2D eigenvalue weighted by Gasteiger charge is 2.42. The molecule has 1 aromatic rings. The van der Waals surface area contributed by atoms with E-state index in [0.29, 0.717) is 0 Å². The lowest BCUT2D eigenvalue weighted by atomic mass is 9.70. The van der Waals surface area contributed by atoms with Crippen molar-refractivity contribution >= 4 is 15.9 Å². The lowest BCUT2D eigenvalue weighted by Gasteiger charge is -2.45. The zero-order chi connectivity index (χ0) is 12.4. The average molecular weight is 310 g/mol. The summed E-state index contributed by atoms with van der Waals surface area (Å²) in [6, 6.07) is 8.76. The summed E-state index contributed by atoms with van der Waals surface area (Å²) in [6.45, 7) is 4.15. The predicted molar refractivity (Wildman–Crippen MR) is 76.8 cm³/mol. The van der Waals surface area contributed by atoms with Crippen LogP contribution in [0.1, 0.15) is 24.8 Å². The van der Waals surface area contributed by atoms with Gasteiger partial charge in [0.05, 0.1) is 13.2 Å². The van der Waals surface area contributed by atoms with Crippen LogP contribution >= 0.6 is 15.9 Å². The molecule has 0 aliphatic carbocycles. The Morgan fingerprint density at radius 2 is 2.06 bits per heavy atom. The first-order chi connectivity index (χ1) is 8.78. The molecule has 0 bridgehead atoms. The number of rotatable bonds is 3. The largest absolute Gasteiger partial charge is 0.379 e. The highest BCUT2D eigenvalue weighted by molar-refractivity contribution is 9.10. The van der Waals surface area contributed by atoms with E-state index in [0.717, 1.165) is 19.1 Å². The number of ether oxygens (including phenoxy) is 1. The second-order valence-corrected chi connectivity index (χ2v) is 6.60. The van der Waals surface area contributed by atoms with E-state index in [1.807, 2.05) is 0 Å². The van der Waals surface area contributed by atoms with Crippen molar-refractivity contribution in [2.75, 3.05) is 26.3 Å². The first-order valence-electron chi connectivity index (χ1n) is 6.83. The van der Waals surface area contributed by atoms with Crippen LogP contribution < -0.4 is 5.32 Å². The van der Waals surface area contributed by atoms with Gasteiger partial charge in [0.25, 0.3) is 0 Å². The van der Waals surface area contributed by atoms with Crippen LogP contribution in [0.25, 0.3) is 0 Å². The fourth-order valence-electron chi connectivity index (χ4n) is 3.21. The van der Waals surface area contributed by atoms with Gasteiger partial charge in [-0.15, -0.1) is 0 Å². The Hall–Kier alpha value is -0.380. The monoisotopic (exact) mass is 309 g/mol. The van der Waals surface area contributed by atoms with Crippen LogP contribution in [0.2, 0.25) is 0 Å². The molecule has 2 aliphatic rings. The molecule has 2 fully saturated rings. The third-order valence-corrected chi connectivity index (χ3v) is 4.83. The standard InChI is InChI=1S/C15H20BrNO/c16-14-3-1-2-13(8-14)15(10-18-11-15)9-12-4-6-17-7-5-12/h1-3,8,12,17H,4-7,9-11H2. The number of nitrogens with one attached hydrogen (secondary N) is 1. The van der Waals surface area contributed by atoms with Gasteiger partial charge >= 0.3 is 0 Å². The summed E-state index contributed by atoms with van der Waals surface area (Å²) in [5.41, 5.74) is 1.73. The molecule has 0 unspecified atom stereocenters. The van der Waals surface area contributed by atoms with Crippen molar-refractivity contribution in [3.63, 3.8) is 0 Å². The van der Waals surface area contributed by atoms with Gasteiger partial charge in [-0.05, 0) is 56.0 Å². The fourth-order valence-corrected chi connectivity index (χ4v) is 3.61. The molecule has 0 saturated carbocycles. The van der Waals surface area contributed by atoms with E-state index in [1.54, 1.807) is 0 Å². The van der Waals surface area contributed by atoms with Gasteiger partial charge in [-0.1, -0.05) is 28.1 Å². The van der Waals surface area contributed by atoms with Crippen LogP contribution in [0, 0.1) is 5.92 Å². The zero-order valence-electron chi connectivity index (χ0n) is 10.6. The summed E-state index contributed by atoms with van der Waals surface area (Å²) in [6.07, 6.45) is 3.91. The molecule has 0 amide bonds. The molecule has 1 aromatic carbocycles. The van der Waals surface area contributed by atoms with Gasteiger partial charge in [-0.2, -0.15) is 0 Å². The predicted octanol–water partition coefficient (Wildman–Crippen LogP) is 3.11. The van der Waals surface area contributed by atoms with Crippen LogP contribution in [0.5, 0.6) is 0 Å². The van der Waals surface area contributed by atoms with E-state index < -0.39 is 0 Å². The maximum absolute atomic E-state index is 5.54.